The lowest BCUT2D eigenvalue weighted by atomic mass is 10.1. The lowest BCUT2D eigenvalue weighted by molar-refractivity contribution is -0.148. The molecule has 2 aromatic rings. The molecule has 0 aromatic heterocycles. The molecule has 0 radical (unpaired) electrons. The molecule has 1 heterocycles. The molecule has 0 atom stereocenters. The second-order valence-corrected chi connectivity index (χ2v) is 6.97. The summed E-state index contributed by atoms with van der Waals surface area (Å²) in [6.07, 6.45) is -0.0520. The molecule has 0 fully saturated rings. The number of carbonyl (C=O) groups is 3. The molecule has 1 aliphatic rings. The molecule has 0 bridgehead atoms. The predicted octanol–water partition coefficient (Wildman–Crippen LogP) is 3.00. The van der Waals surface area contributed by atoms with Crippen molar-refractivity contribution in [2.75, 3.05) is 13.4 Å². The standard InChI is InChI=1S/C20H18BrNO6/c21-15-4-2-14(3-5-15)16(23)6-8-20(25)26-11-19(24)22-10-13-1-7-17-18(9-13)28-12-27-17/h1-5,7,9H,6,8,10-12H2,(H,22,24). The largest absolute Gasteiger partial charge is 0.456 e. The van der Waals surface area contributed by atoms with Gasteiger partial charge in [-0.05, 0) is 29.8 Å². The maximum atomic E-state index is 12.0. The van der Waals surface area contributed by atoms with Crippen molar-refractivity contribution in [3.8, 4) is 11.5 Å². The number of fused-ring (bicyclic) bond motifs is 1. The van der Waals surface area contributed by atoms with Crippen molar-refractivity contribution in [1.82, 2.24) is 5.32 Å². The molecule has 2 aromatic carbocycles. The van der Waals surface area contributed by atoms with Crippen LogP contribution in [-0.4, -0.2) is 31.1 Å². The highest BCUT2D eigenvalue weighted by Gasteiger charge is 2.14. The Kier molecular flexibility index (Phi) is 6.65. The molecule has 0 saturated carbocycles. The van der Waals surface area contributed by atoms with E-state index < -0.39 is 18.5 Å². The molecule has 0 spiro atoms. The first-order chi connectivity index (χ1) is 13.5. The zero-order chi connectivity index (χ0) is 19.9. The Balaban J connectivity index is 1.35. The Morgan fingerprint density at radius 1 is 1.00 bits per heavy atom. The monoisotopic (exact) mass is 447 g/mol. The quantitative estimate of drug-likeness (QED) is 0.493. The number of hydrogen-bond acceptors (Lipinski definition) is 6. The number of rotatable bonds is 8. The van der Waals surface area contributed by atoms with Gasteiger partial charge in [0.25, 0.3) is 5.91 Å². The second kappa shape index (κ2) is 9.36. The van der Waals surface area contributed by atoms with Crippen LogP contribution in [0.15, 0.2) is 46.9 Å². The zero-order valence-corrected chi connectivity index (χ0v) is 16.5. The molecule has 7 nitrogen and oxygen atoms in total. The van der Waals surface area contributed by atoms with Crippen molar-refractivity contribution in [3.05, 3.63) is 58.1 Å². The van der Waals surface area contributed by atoms with Gasteiger partial charge in [-0.25, -0.2) is 0 Å². The van der Waals surface area contributed by atoms with Crippen molar-refractivity contribution < 1.29 is 28.6 Å². The summed E-state index contributed by atoms with van der Waals surface area (Å²) in [5, 5.41) is 2.66. The summed E-state index contributed by atoms with van der Waals surface area (Å²) in [4.78, 5) is 35.6. The number of Topliss-reactive ketones (excluding diaryl/α,β-unsaturated/α-hetero) is 1. The number of hydrogen-bond donors (Lipinski definition) is 1. The number of ketones is 1. The summed E-state index contributed by atoms with van der Waals surface area (Å²) >= 11 is 3.30. The zero-order valence-electron chi connectivity index (χ0n) is 14.9. The number of amides is 1. The Bertz CT molecular complexity index is 881. The van der Waals surface area contributed by atoms with Gasteiger partial charge in [-0.1, -0.05) is 34.1 Å². The van der Waals surface area contributed by atoms with E-state index in [1.165, 1.54) is 0 Å². The molecular weight excluding hydrogens is 430 g/mol. The first kappa shape index (κ1) is 19.9. The van der Waals surface area contributed by atoms with Gasteiger partial charge in [0, 0.05) is 23.0 Å². The average Bonchev–Trinajstić information content (AvgIpc) is 3.17. The van der Waals surface area contributed by atoms with Gasteiger partial charge in [-0.2, -0.15) is 0 Å². The maximum absolute atomic E-state index is 12.0. The van der Waals surface area contributed by atoms with Gasteiger partial charge < -0.3 is 19.5 Å². The third kappa shape index (κ3) is 5.56. The summed E-state index contributed by atoms with van der Waals surface area (Å²) in [6.45, 7) is 0.0658. The van der Waals surface area contributed by atoms with Crippen molar-refractivity contribution >= 4 is 33.6 Å². The Labute approximate surface area is 170 Å². The number of carbonyl (C=O) groups excluding carboxylic acids is 3. The third-order valence-corrected chi connectivity index (χ3v) is 4.54. The van der Waals surface area contributed by atoms with Crippen molar-refractivity contribution in [2.45, 2.75) is 19.4 Å². The van der Waals surface area contributed by atoms with Gasteiger partial charge in [-0.3, -0.25) is 14.4 Å². The molecule has 28 heavy (non-hydrogen) atoms. The molecule has 1 N–H and O–H groups in total. The minimum atomic E-state index is -0.594. The molecular formula is C20H18BrNO6. The lowest BCUT2D eigenvalue weighted by Crippen LogP contribution is -2.28. The highest BCUT2D eigenvalue weighted by Crippen LogP contribution is 2.32. The van der Waals surface area contributed by atoms with Crippen LogP contribution in [0.4, 0.5) is 0 Å². The van der Waals surface area contributed by atoms with Crippen LogP contribution in [0.5, 0.6) is 11.5 Å². The molecule has 1 amide bonds. The van der Waals surface area contributed by atoms with Gasteiger partial charge in [0.15, 0.2) is 23.9 Å². The first-order valence-corrected chi connectivity index (χ1v) is 9.40. The number of halogens is 1. The van der Waals surface area contributed by atoms with E-state index in [4.69, 9.17) is 14.2 Å². The van der Waals surface area contributed by atoms with Crippen LogP contribution in [-0.2, 0) is 20.9 Å². The van der Waals surface area contributed by atoms with Crippen molar-refractivity contribution in [3.63, 3.8) is 0 Å². The van der Waals surface area contributed by atoms with E-state index in [1.807, 2.05) is 6.07 Å². The van der Waals surface area contributed by atoms with Crippen molar-refractivity contribution in [1.29, 1.82) is 0 Å². The van der Waals surface area contributed by atoms with Gasteiger partial charge in [0.05, 0.1) is 6.42 Å². The van der Waals surface area contributed by atoms with E-state index in [2.05, 4.69) is 21.2 Å². The second-order valence-electron chi connectivity index (χ2n) is 6.06. The van der Waals surface area contributed by atoms with Crippen LogP contribution in [0.2, 0.25) is 0 Å². The number of benzene rings is 2. The van der Waals surface area contributed by atoms with E-state index in [1.54, 1.807) is 36.4 Å². The molecule has 0 unspecified atom stereocenters. The fourth-order valence-corrected chi connectivity index (χ4v) is 2.78. The molecule has 3 rings (SSSR count). The molecule has 1 aliphatic heterocycles. The molecule has 8 heteroatoms. The van der Waals surface area contributed by atoms with E-state index in [9.17, 15) is 14.4 Å². The SMILES string of the molecule is O=C(COC(=O)CCC(=O)c1ccc(Br)cc1)NCc1ccc2c(c1)OCO2. The first-order valence-electron chi connectivity index (χ1n) is 8.61. The topological polar surface area (TPSA) is 90.9 Å². The Hall–Kier alpha value is -2.87. The fourth-order valence-electron chi connectivity index (χ4n) is 2.52. The van der Waals surface area contributed by atoms with E-state index >= 15 is 0 Å². The molecule has 0 saturated heterocycles. The normalized spacial score (nSPS) is 11.8. The van der Waals surface area contributed by atoms with Gasteiger partial charge >= 0.3 is 5.97 Å². The number of nitrogens with one attached hydrogen (secondary N) is 1. The maximum Gasteiger partial charge on any atom is 0.306 e. The summed E-state index contributed by atoms with van der Waals surface area (Å²) < 4.78 is 16.3. The Morgan fingerprint density at radius 3 is 2.54 bits per heavy atom. The lowest BCUT2D eigenvalue weighted by Gasteiger charge is -2.07. The van der Waals surface area contributed by atoms with E-state index in [-0.39, 0.29) is 32.0 Å². The molecule has 146 valence electrons. The van der Waals surface area contributed by atoms with E-state index in [0.29, 0.717) is 17.1 Å². The van der Waals surface area contributed by atoms with Crippen LogP contribution >= 0.6 is 15.9 Å². The average molecular weight is 448 g/mol. The van der Waals surface area contributed by atoms with Crippen LogP contribution in [0.25, 0.3) is 0 Å². The summed E-state index contributed by atoms with van der Waals surface area (Å²) in [7, 11) is 0. The van der Waals surface area contributed by atoms with Crippen LogP contribution in [0.3, 0.4) is 0 Å². The summed E-state index contributed by atoms with van der Waals surface area (Å²) in [5.41, 5.74) is 1.36. The van der Waals surface area contributed by atoms with Gasteiger partial charge in [0.2, 0.25) is 6.79 Å². The smallest absolute Gasteiger partial charge is 0.306 e. The Morgan fingerprint density at radius 2 is 1.75 bits per heavy atom. The minimum Gasteiger partial charge on any atom is -0.456 e. The van der Waals surface area contributed by atoms with Gasteiger partial charge in [0.1, 0.15) is 0 Å². The number of esters is 1. The third-order valence-electron chi connectivity index (χ3n) is 4.01. The highest BCUT2D eigenvalue weighted by atomic mass is 79.9. The van der Waals surface area contributed by atoms with Crippen molar-refractivity contribution in [2.24, 2.45) is 0 Å². The summed E-state index contributed by atoms with van der Waals surface area (Å²) in [6, 6.07) is 12.2. The fraction of sp³-hybridized carbons (Fsp3) is 0.250. The molecule has 0 aliphatic carbocycles. The van der Waals surface area contributed by atoms with Crippen LogP contribution in [0, 0.1) is 0 Å². The predicted molar refractivity (Wildman–Crippen MR) is 103 cm³/mol. The van der Waals surface area contributed by atoms with Crippen LogP contribution in [0.1, 0.15) is 28.8 Å². The highest BCUT2D eigenvalue weighted by molar-refractivity contribution is 9.10. The minimum absolute atomic E-state index is 0.0271. The summed E-state index contributed by atoms with van der Waals surface area (Å²) in [5.74, 6) is 0.126. The van der Waals surface area contributed by atoms with E-state index in [0.717, 1.165) is 10.0 Å². The van der Waals surface area contributed by atoms with Gasteiger partial charge in [-0.15, -0.1) is 0 Å². The van der Waals surface area contributed by atoms with Crippen LogP contribution < -0.4 is 14.8 Å². The number of ether oxygens (including phenoxy) is 3.